The lowest BCUT2D eigenvalue weighted by Crippen LogP contribution is -2.31. The Morgan fingerprint density at radius 1 is 1.33 bits per heavy atom. The van der Waals surface area contributed by atoms with E-state index >= 15 is 0 Å². The van der Waals surface area contributed by atoms with E-state index in [4.69, 9.17) is 0 Å². The molecular formula is C16H23N5. The highest BCUT2D eigenvalue weighted by atomic mass is 15.3. The molecule has 5 heteroatoms. The minimum atomic E-state index is 0.362. The van der Waals surface area contributed by atoms with Crippen molar-refractivity contribution in [3.63, 3.8) is 0 Å². The first-order chi connectivity index (χ1) is 10.2. The van der Waals surface area contributed by atoms with E-state index in [1.807, 2.05) is 10.9 Å². The maximum atomic E-state index is 4.58. The van der Waals surface area contributed by atoms with E-state index in [1.165, 1.54) is 12.8 Å². The molecule has 0 saturated carbocycles. The lowest BCUT2D eigenvalue weighted by atomic mass is 9.93. The van der Waals surface area contributed by atoms with Crippen LogP contribution in [-0.4, -0.2) is 32.8 Å². The van der Waals surface area contributed by atoms with Crippen molar-refractivity contribution in [3.05, 3.63) is 30.5 Å². The van der Waals surface area contributed by atoms with Gasteiger partial charge in [-0.25, -0.2) is 0 Å². The fourth-order valence-electron chi connectivity index (χ4n) is 2.87. The summed E-state index contributed by atoms with van der Waals surface area (Å²) in [6, 6.07) is 0.362. The maximum Gasteiger partial charge on any atom is 0.0948 e. The normalized spacial score (nSPS) is 19.1. The zero-order chi connectivity index (χ0) is 14.7. The van der Waals surface area contributed by atoms with E-state index in [-0.39, 0.29) is 0 Å². The average molecular weight is 285 g/mol. The van der Waals surface area contributed by atoms with Gasteiger partial charge < -0.3 is 5.32 Å². The first-order valence-electron chi connectivity index (χ1n) is 7.79. The zero-order valence-corrected chi connectivity index (χ0v) is 12.8. The van der Waals surface area contributed by atoms with Crippen molar-refractivity contribution in [2.24, 2.45) is 5.92 Å². The van der Waals surface area contributed by atoms with E-state index < -0.39 is 0 Å². The van der Waals surface area contributed by atoms with Crippen LogP contribution in [0, 0.1) is 5.92 Å². The summed E-state index contributed by atoms with van der Waals surface area (Å²) in [7, 11) is 0. The molecule has 0 unspecified atom stereocenters. The molecular weight excluding hydrogens is 262 g/mol. The molecule has 0 radical (unpaired) electrons. The predicted octanol–water partition coefficient (Wildman–Crippen LogP) is 2.46. The van der Waals surface area contributed by atoms with Gasteiger partial charge in [0.15, 0.2) is 0 Å². The maximum absolute atomic E-state index is 4.58. The van der Waals surface area contributed by atoms with E-state index in [0.29, 0.717) is 12.0 Å². The Labute approximate surface area is 125 Å². The van der Waals surface area contributed by atoms with Crippen LogP contribution >= 0.6 is 0 Å². The van der Waals surface area contributed by atoms with Crippen molar-refractivity contribution < 1.29 is 0 Å². The largest absolute Gasteiger partial charge is 0.316 e. The quantitative estimate of drug-likeness (QED) is 0.937. The topological polar surface area (TPSA) is 55.6 Å². The summed E-state index contributed by atoms with van der Waals surface area (Å²) >= 11 is 0. The number of hydrogen-bond donors (Lipinski definition) is 1. The Morgan fingerprint density at radius 2 is 2.19 bits per heavy atom. The van der Waals surface area contributed by atoms with Crippen molar-refractivity contribution in [3.8, 4) is 11.3 Å². The first kappa shape index (κ1) is 14.2. The highest BCUT2D eigenvalue weighted by Gasteiger charge is 2.18. The summed E-state index contributed by atoms with van der Waals surface area (Å²) in [5.41, 5.74) is 3.14. The Kier molecular flexibility index (Phi) is 4.29. The summed E-state index contributed by atoms with van der Waals surface area (Å²) < 4.78 is 1.97. The highest BCUT2D eigenvalue weighted by molar-refractivity contribution is 5.59. The van der Waals surface area contributed by atoms with E-state index in [9.17, 15) is 0 Å². The van der Waals surface area contributed by atoms with Crippen molar-refractivity contribution in [1.29, 1.82) is 0 Å². The summed E-state index contributed by atoms with van der Waals surface area (Å²) in [5, 5.41) is 7.89. The molecule has 1 saturated heterocycles. The first-order valence-corrected chi connectivity index (χ1v) is 7.79. The van der Waals surface area contributed by atoms with Gasteiger partial charge in [-0.15, -0.1) is 0 Å². The van der Waals surface area contributed by atoms with Gasteiger partial charge in [-0.2, -0.15) is 5.10 Å². The lowest BCUT2D eigenvalue weighted by Gasteiger charge is -2.22. The van der Waals surface area contributed by atoms with E-state index in [2.05, 4.69) is 40.4 Å². The van der Waals surface area contributed by atoms with E-state index in [0.717, 1.165) is 36.5 Å². The lowest BCUT2D eigenvalue weighted by molar-refractivity contribution is 0.373. The third-order valence-corrected chi connectivity index (χ3v) is 4.06. The highest BCUT2D eigenvalue weighted by Crippen LogP contribution is 2.24. The molecule has 1 fully saturated rings. The van der Waals surface area contributed by atoms with Crippen LogP contribution in [-0.2, 0) is 6.42 Å². The van der Waals surface area contributed by atoms with Gasteiger partial charge in [-0.3, -0.25) is 14.6 Å². The fraction of sp³-hybridized carbons (Fsp3) is 0.562. The molecule has 0 aromatic carbocycles. The molecule has 0 bridgehead atoms. The second kappa shape index (κ2) is 6.35. The molecule has 1 N–H and O–H groups in total. The molecule has 1 aliphatic heterocycles. The minimum Gasteiger partial charge on any atom is -0.316 e. The fourth-order valence-corrected chi connectivity index (χ4v) is 2.87. The molecule has 0 amide bonds. The second-order valence-corrected chi connectivity index (χ2v) is 6.07. The molecule has 1 atom stereocenters. The zero-order valence-electron chi connectivity index (χ0n) is 12.8. The van der Waals surface area contributed by atoms with Crippen molar-refractivity contribution in [2.75, 3.05) is 13.1 Å². The van der Waals surface area contributed by atoms with E-state index in [1.54, 1.807) is 12.4 Å². The van der Waals surface area contributed by atoms with Crippen molar-refractivity contribution in [1.82, 2.24) is 25.1 Å². The number of hydrogen-bond acceptors (Lipinski definition) is 4. The summed E-state index contributed by atoms with van der Waals surface area (Å²) in [4.78, 5) is 9.13. The van der Waals surface area contributed by atoms with Gasteiger partial charge in [0.25, 0.3) is 0 Å². The summed E-state index contributed by atoms with van der Waals surface area (Å²) in [6.45, 7) is 6.48. The van der Waals surface area contributed by atoms with Crippen LogP contribution in [0.3, 0.4) is 0 Å². The number of aromatic nitrogens is 4. The average Bonchev–Trinajstić information content (AvgIpc) is 2.99. The van der Waals surface area contributed by atoms with Gasteiger partial charge in [0.2, 0.25) is 0 Å². The number of piperidine rings is 1. The second-order valence-electron chi connectivity index (χ2n) is 6.07. The Hall–Kier alpha value is -1.75. The third-order valence-electron chi connectivity index (χ3n) is 4.06. The number of nitrogens with zero attached hydrogens (tertiary/aromatic N) is 4. The van der Waals surface area contributed by atoms with Crippen LogP contribution in [0.2, 0.25) is 0 Å². The SMILES string of the molecule is CC(C)n1cc(-c2nccnc2C[C@H]2CCCNC2)cn1. The van der Waals surface area contributed by atoms with Crippen LogP contribution < -0.4 is 5.32 Å². The van der Waals surface area contributed by atoms with Gasteiger partial charge in [0, 0.05) is 30.2 Å². The standard InChI is InChI=1S/C16H23N5/c1-12(2)21-11-14(10-20-21)16-15(18-6-7-19-16)8-13-4-3-5-17-9-13/h6-7,10-13,17H,3-5,8-9H2,1-2H3/t13-/m1/s1. The minimum absolute atomic E-state index is 0.362. The molecule has 3 rings (SSSR count). The molecule has 0 aliphatic carbocycles. The smallest absolute Gasteiger partial charge is 0.0948 e. The molecule has 21 heavy (non-hydrogen) atoms. The van der Waals surface area contributed by atoms with Gasteiger partial charge in [0.05, 0.1) is 17.6 Å². The van der Waals surface area contributed by atoms with Gasteiger partial charge in [-0.05, 0) is 52.1 Å². The Bertz CT molecular complexity index is 584. The van der Waals surface area contributed by atoms with Gasteiger partial charge >= 0.3 is 0 Å². The Morgan fingerprint density at radius 3 is 2.90 bits per heavy atom. The van der Waals surface area contributed by atoms with Crippen LogP contribution in [0.4, 0.5) is 0 Å². The predicted molar refractivity (Wildman–Crippen MR) is 82.9 cm³/mol. The Balaban J connectivity index is 1.84. The van der Waals surface area contributed by atoms with Crippen LogP contribution in [0.1, 0.15) is 38.4 Å². The number of rotatable bonds is 4. The van der Waals surface area contributed by atoms with Crippen molar-refractivity contribution in [2.45, 2.75) is 39.2 Å². The monoisotopic (exact) mass is 285 g/mol. The summed E-state index contributed by atoms with van der Waals surface area (Å²) in [6.07, 6.45) is 11.0. The van der Waals surface area contributed by atoms with Crippen LogP contribution in [0.5, 0.6) is 0 Å². The molecule has 1 aliphatic rings. The third kappa shape index (κ3) is 3.29. The van der Waals surface area contributed by atoms with Gasteiger partial charge in [0.1, 0.15) is 0 Å². The molecule has 3 heterocycles. The number of nitrogens with one attached hydrogen (secondary N) is 1. The summed E-state index contributed by atoms with van der Waals surface area (Å²) in [5.74, 6) is 0.661. The van der Waals surface area contributed by atoms with Crippen LogP contribution in [0.15, 0.2) is 24.8 Å². The molecule has 5 nitrogen and oxygen atoms in total. The molecule has 2 aromatic rings. The van der Waals surface area contributed by atoms with Gasteiger partial charge in [-0.1, -0.05) is 0 Å². The molecule has 2 aromatic heterocycles. The molecule has 0 spiro atoms. The molecule has 112 valence electrons. The van der Waals surface area contributed by atoms with Crippen LogP contribution in [0.25, 0.3) is 11.3 Å². The van der Waals surface area contributed by atoms with Crippen molar-refractivity contribution >= 4 is 0 Å².